The average molecular weight is 214 g/mol. The van der Waals surface area contributed by atoms with E-state index in [2.05, 4.69) is 4.74 Å². The molecule has 3 atom stereocenters. The highest BCUT2D eigenvalue weighted by Crippen LogP contribution is 2.31. The minimum absolute atomic E-state index is 0.191. The monoisotopic (exact) mass is 214 g/mol. The van der Waals surface area contributed by atoms with Crippen LogP contribution in [-0.2, 0) is 19.1 Å². The number of rotatable bonds is 4. The highest BCUT2D eigenvalue weighted by atomic mass is 16.6. The van der Waals surface area contributed by atoms with Crippen LogP contribution in [-0.4, -0.2) is 24.6 Å². The molecule has 0 aromatic carbocycles. The van der Waals surface area contributed by atoms with Gasteiger partial charge in [-0.3, -0.25) is 9.59 Å². The third-order valence-electron chi connectivity index (χ3n) is 2.75. The maximum absolute atomic E-state index is 11.5. The fraction of sp³-hybridized carbons (Fsp3) is 0.818. The van der Waals surface area contributed by atoms with Crippen molar-refractivity contribution in [3.05, 3.63) is 0 Å². The fourth-order valence-electron chi connectivity index (χ4n) is 1.93. The average Bonchev–Trinajstić information content (AvgIpc) is 2.38. The predicted octanol–water partition coefficient (Wildman–Crippen LogP) is 1.38. The molecule has 0 amide bonds. The zero-order valence-electron chi connectivity index (χ0n) is 9.65. The van der Waals surface area contributed by atoms with E-state index in [-0.39, 0.29) is 12.0 Å². The molecule has 0 radical (unpaired) electrons. The summed E-state index contributed by atoms with van der Waals surface area (Å²) in [6.45, 7) is 8.08. The van der Waals surface area contributed by atoms with Gasteiger partial charge in [0.2, 0.25) is 0 Å². The van der Waals surface area contributed by atoms with Crippen molar-refractivity contribution in [3.8, 4) is 0 Å². The van der Waals surface area contributed by atoms with Gasteiger partial charge in [-0.15, -0.1) is 0 Å². The van der Waals surface area contributed by atoms with Gasteiger partial charge >= 0.3 is 11.9 Å². The molecule has 0 saturated carbocycles. The molecule has 1 heterocycles. The molecule has 1 aliphatic heterocycles. The minimum atomic E-state index is -0.447. The molecule has 4 heteroatoms. The number of hydrogen-bond acceptors (Lipinski definition) is 4. The molecule has 15 heavy (non-hydrogen) atoms. The summed E-state index contributed by atoms with van der Waals surface area (Å²) in [6.07, 6.45) is -0.232. The van der Waals surface area contributed by atoms with Gasteiger partial charge in [-0.05, 0) is 12.8 Å². The van der Waals surface area contributed by atoms with Crippen LogP contribution in [0.5, 0.6) is 0 Å². The first kappa shape index (κ1) is 12.2. The number of cyclic esters (lactones) is 2. The maximum atomic E-state index is 11.5. The molecule has 0 aromatic rings. The predicted molar refractivity (Wildman–Crippen MR) is 54.0 cm³/mol. The van der Waals surface area contributed by atoms with Crippen molar-refractivity contribution in [3.63, 3.8) is 0 Å². The minimum Gasteiger partial charge on any atom is -0.393 e. The number of ether oxygens (including phenoxy) is 2. The topological polar surface area (TPSA) is 52.6 Å². The van der Waals surface area contributed by atoms with Crippen LogP contribution in [0.3, 0.4) is 0 Å². The van der Waals surface area contributed by atoms with E-state index in [1.807, 2.05) is 20.8 Å². The van der Waals surface area contributed by atoms with Gasteiger partial charge in [-0.2, -0.15) is 0 Å². The van der Waals surface area contributed by atoms with Crippen LogP contribution in [0.1, 0.15) is 27.7 Å². The lowest BCUT2D eigenvalue weighted by molar-refractivity contribution is -0.155. The van der Waals surface area contributed by atoms with Gasteiger partial charge < -0.3 is 9.47 Å². The van der Waals surface area contributed by atoms with Gasteiger partial charge in [0.1, 0.15) is 0 Å². The number of carbonyl (C=O) groups excluding carboxylic acids is 2. The van der Waals surface area contributed by atoms with Gasteiger partial charge in [0.05, 0.1) is 17.9 Å². The van der Waals surface area contributed by atoms with Gasteiger partial charge in [0, 0.05) is 6.61 Å². The third kappa shape index (κ3) is 2.37. The molecule has 0 bridgehead atoms. The highest BCUT2D eigenvalue weighted by Gasteiger charge is 2.47. The third-order valence-corrected chi connectivity index (χ3v) is 2.75. The van der Waals surface area contributed by atoms with E-state index in [1.54, 1.807) is 6.92 Å². The van der Waals surface area contributed by atoms with Crippen LogP contribution in [0.4, 0.5) is 0 Å². The SMILES string of the molecule is CCOC(C(C)C)C1C(=O)OC(=O)C1C. The highest BCUT2D eigenvalue weighted by molar-refractivity contribution is 5.96. The largest absolute Gasteiger partial charge is 0.393 e. The van der Waals surface area contributed by atoms with Crippen LogP contribution in [0.2, 0.25) is 0 Å². The maximum Gasteiger partial charge on any atom is 0.320 e. The van der Waals surface area contributed by atoms with Crippen molar-refractivity contribution in [1.82, 2.24) is 0 Å². The van der Waals surface area contributed by atoms with Crippen molar-refractivity contribution >= 4 is 11.9 Å². The van der Waals surface area contributed by atoms with Gasteiger partial charge in [-0.1, -0.05) is 20.8 Å². The number of esters is 2. The molecular formula is C11H18O4. The van der Waals surface area contributed by atoms with Crippen molar-refractivity contribution in [1.29, 1.82) is 0 Å². The lowest BCUT2D eigenvalue weighted by Gasteiger charge is -2.25. The quantitative estimate of drug-likeness (QED) is 0.524. The van der Waals surface area contributed by atoms with Crippen LogP contribution in [0.25, 0.3) is 0 Å². The van der Waals surface area contributed by atoms with Crippen LogP contribution >= 0.6 is 0 Å². The summed E-state index contributed by atoms with van der Waals surface area (Å²) < 4.78 is 10.1. The van der Waals surface area contributed by atoms with E-state index < -0.39 is 23.8 Å². The Hall–Kier alpha value is -0.900. The summed E-state index contributed by atoms with van der Waals surface area (Å²) in [4.78, 5) is 22.7. The smallest absolute Gasteiger partial charge is 0.320 e. The Morgan fingerprint density at radius 3 is 2.27 bits per heavy atom. The number of carbonyl (C=O) groups is 2. The van der Waals surface area contributed by atoms with E-state index in [1.165, 1.54) is 0 Å². The summed E-state index contributed by atoms with van der Waals surface area (Å²) in [5.41, 5.74) is 0. The van der Waals surface area contributed by atoms with E-state index in [0.29, 0.717) is 6.61 Å². The molecule has 86 valence electrons. The van der Waals surface area contributed by atoms with E-state index in [9.17, 15) is 9.59 Å². The molecule has 1 saturated heterocycles. The molecule has 4 nitrogen and oxygen atoms in total. The summed E-state index contributed by atoms with van der Waals surface area (Å²) in [5.74, 6) is -1.53. The first-order valence-electron chi connectivity index (χ1n) is 5.36. The zero-order valence-corrected chi connectivity index (χ0v) is 9.65. The second-order valence-electron chi connectivity index (χ2n) is 4.22. The van der Waals surface area contributed by atoms with Crippen LogP contribution in [0.15, 0.2) is 0 Å². The molecular weight excluding hydrogens is 196 g/mol. The summed E-state index contributed by atoms with van der Waals surface area (Å²) in [7, 11) is 0. The Morgan fingerprint density at radius 1 is 1.33 bits per heavy atom. The Labute approximate surface area is 89.9 Å². The molecule has 1 rings (SSSR count). The van der Waals surface area contributed by atoms with Gasteiger partial charge in [-0.25, -0.2) is 0 Å². The standard InChI is InChI=1S/C11H18O4/c1-5-14-9(6(2)3)8-7(4)10(12)15-11(8)13/h6-9H,5H2,1-4H3. The zero-order chi connectivity index (χ0) is 11.6. The van der Waals surface area contributed by atoms with Crippen LogP contribution < -0.4 is 0 Å². The lowest BCUT2D eigenvalue weighted by atomic mass is 9.85. The van der Waals surface area contributed by atoms with E-state index in [0.717, 1.165) is 0 Å². The molecule has 0 aromatic heterocycles. The number of hydrogen-bond donors (Lipinski definition) is 0. The lowest BCUT2D eigenvalue weighted by Crippen LogP contribution is -2.35. The second-order valence-corrected chi connectivity index (χ2v) is 4.22. The fourth-order valence-corrected chi connectivity index (χ4v) is 1.93. The van der Waals surface area contributed by atoms with E-state index >= 15 is 0 Å². The normalized spacial score (nSPS) is 28.3. The molecule has 0 spiro atoms. The van der Waals surface area contributed by atoms with Crippen LogP contribution in [0, 0.1) is 17.8 Å². The first-order valence-corrected chi connectivity index (χ1v) is 5.36. The Kier molecular flexibility index (Phi) is 3.85. The Balaban J connectivity index is 2.83. The van der Waals surface area contributed by atoms with Crippen molar-refractivity contribution in [2.75, 3.05) is 6.61 Å². The Bertz CT molecular complexity index is 259. The molecule has 0 N–H and O–H groups in total. The van der Waals surface area contributed by atoms with Gasteiger partial charge in [0.15, 0.2) is 0 Å². The summed E-state index contributed by atoms with van der Waals surface area (Å²) >= 11 is 0. The second kappa shape index (κ2) is 4.75. The van der Waals surface area contributed by atoms with Crippen molar-refractivity contribution in [2.45, 2.75) is 33.8 Å². The molecule has 1 fully saturated rings. The van der Waals surface area contributed by atoms with Gasteiger partial charge in [0.25, 0.3) is 0 Å². The molecule has 3 unspecified atom stereocenters. The Morgan fingerprint density at radius 2 is 1.93 bits per heavy atom. The summed E-state index contributed by atoms with van der Waals surface area (Å²) in [5, 5.41) is 0. The van der Waals surface area contributed by atoms with Crippen molar-refractivity contribution in [2.24, 2.45) is 17.8 Å². The molecule has 0 aliphatic carbocycles. The van der Waals surface area contributed by atoms with E-state index in [4.69, 9.17) is 4.74 Å². The molecule has 1 aliphatic rings. The first-order chi connectivity index (χ1) is 6.99. The summed E-state index contributed by atoms with van der Waals surface area (Å²) in [6, 6.07) is 0. The van der Waals surface area contributed by atoms with Crippen molar-refractivity contribution < 1.29 is 19.1 Å².